The Bertz CT molecular complexity index is 87.1. The van der Waals surface area contributed by atoms with Gasteiger partial charge >= 0.3 is 0 Å². The molecule has 0 aromatic heterocycles. The van der Waals surface area contributed by atoms with E-state index in [2.05, 4.69) is 45.2 Å². The van der Waals surface area contributed by atoms with Gasteiger partial charge in [0.25, 0.3) is 0 Å². The van der Waals surface area contributed by atoms with Crippen LogP contribution >= 0.6 is 56.8 Å². The van der Waals surface area contributed by atoms with Crippen molar-refractivity contribution in [3.05, 3.63) is 0 Å². The van der Waals surface area contributed by atoms with Gasteiger partial charge in [0, 0.05) is 13.2 Å². The third kappa shape index (κ3) is 2.36. The predicted molar refractivity (Wildman–Crippen MR) is 59.1 cm³/mol. The Balaban J connectivity index is 2.41. The summed E-state index contributed by atoms with van der Waals surface area (Å²) in [6, 6.07) is 0. The van der Waals surface area contributed by atoms with E-state index in [1.165, 1.54) is 19.3 Å². The Morgan fingerprint density at radius 1 is 1.22 bits per heavy atom. The van der Waals surface area contributed by atoms with E-state index < -0.39 is 0 Å². The Kier molecular flexibility index (Phi) is 3.88. The molecule has 1 saturated carbocycles. The summed E-state index contributed by atoms with van der Waals surface area (Å²) >= 11 is 11.0. The van der Waals surface area contributed by atoms with Crippen LogP contribution in [0.2, 0.25) is 0 Å². The summed E-state index contributed by atoms with van der Waals surface area (Å²) in [6.07, 6.45) is 3.90. The molecule has 0 aliphatic heterocycles. The zero-order chi connectivity index (χ0) is 6.85. The van der Waals surface area contributed by atoms with E-state index in [0.29, 0.717) is 9.30 Å². The maximum Gasteiger partial charge on any atom is 0.0463 e. The van der Waals surface area contributed by atoms with Crippen molar-refractivity contribution >= 4 is 56.8 Å². The third-order valence-corrected chi connectivity index (χ3v) is 7.08. The maximum absolute atomic E-state index is 6.05. The van der Waals surface area contributed by atoms with Gasteiger partial charge in [0.2, 0.25) is 0 Å². The van der Waals surface area contributed by atoms with Crippen molar-refractivity contribution in [3.8, 4) is 0 Å². The molecule has 0 bridgehead atoms. The zero-order valence-electron chi connectivity index (χ0n) is 4.99. The van der Waals surface area contributed by atoms with Crippen LogP contribution in [-0.4, -0.2) is 13.2 Å². The van der Waals surface area contributed by atoms with Gasteiger partial charge in [-0.15, -0.1) is 11.6 Å². The lowest BCUT2D eigenvalue weighted by Gasteiger charge is -2.26. The molecule has 0 nitrogen and oxygen atoms in total. The summed E-state index contributed by atoms with van der Waals surface area (Å²) in [5.74, 6) is 0. The fraction of sp³-hybridized carbons (Fsp3) is 1.00. The normalized spacial score (nSPS) is 45.0. The zero-order valence-corrected chi connectivity index (χ0v) is 10.1. The van der Waals surface area contributed by atoms with Crippen molar-refractivity contribution in [1.82, 2.24) is 0 Å². The summed E-state index contributed by atoms with van der Waals surface area (Å²) in [5.41, 5.74) is 0. The summed E-state index contributed by atoms with van der Waals surface area (Å²) in [5, 5.41) is 0.432. The molecule has 9 heavy (non-hydrogen) atoms. The molecule has 0 amide bonds. The van der Waals surface area contributed by atoms with Crippen LogP contribution in [0.4, 0.5) is 0 Å². The van der Waals surface area contributed by atoms with Crippen LogP contribution in [0.1, 0.15) is 19.3 Å². The fourth-order valence-electron chi connectivity index (χ4n) is 1.05. The summed E-state index contributed by atoms with van der Waals surface area (Å²) in [6.45, 7) is 0. The van der Waals surface area contributed by atoms with E-state index in [-0.39, 0.29) is 0 Å². The molecule has 3 unspecified atom stereocenters. The molecule has 54 valence electrons. The summed E-state index contributed by atoms with van der Waals surface area (Å²) < 4.78 is 1.50. The highest BCUT2D eigenvalue weighted by Crippen LogP contribution is 2.33. The van der Waals surface area contributed by atoms with Gasteiger partial charge in [-0.1, -0.05) is 51.6 Å². The van der Waals surface area contributed by atoms with Gasteiger partial charge < -0.3 is 0 Å². The molecule has 0 aromatic rings. The summed E-state index contributed by atoms with van der Waals surface area (Å²) in [7, 11) is 0. The Morgan fingerprint density at radius 3 is 2.33 bits per heavy atom. The highest BCUT2D eigenvalue weighted by Gasteiger charge is 2.27. The fourth-order valence-corrected chi connectivity index (χ4v) is 3.29. The minimum Gasteiger partial charge on any atom is -0.122 e. The van der Waals surface area contributed by atoms with Gasteiger partial charge in [0.05, 0.1) is 0 Å². The quantitative estimate of drug-likeness (QED) is 0.453. The average molecular weight is 370 g/mol. The van der Waals surface area contributed by atoms with Gasteiger partial charge in [-0.25, -0.2) is 0 Å². The highest BCUT2D eigenvalue weighted by atomic mass is 127. The molecule has 0 N–H and O–H groups in total. The lowest BCUT2D eigenvalue weighted by molar-refractivity contribution is 0.558. The molecular formula is C6H9ClI2. The average Bonchev–Trinajstić information content (AvgIpc) is 1.83. The third-order valence-electron chi connectivity index (χ3n) is 1.65. The van der Waals surface area contributed by atoms with Gasteiger partial charge in [-0.05, 0) is 12.8 Å². The standard InChI is InChI=1S/C6H9ClI2/c7-4-2-1-3-5(8)6(4)9/h4-6H,1-3H2. The van der Waals surface area contributed by atoms with Crippen molar-refractivity contribution < 1.29 is 0 Å². The van der Waals surface area contributed by atoms with Crippen LogP contribution in [0.3, 0.4) is 0 Å². The van der Waals surface area contributed by atoms with Crippen LogP contribution in [0.25, 0.3) is 0 Å². The van der Waals surface area contributed by atoms with E-state index in [0.717, 1.165) is 3.92 Å². The van der Waals surface area contributed by atoms with Gasteiger partial charge in [0.1, 0.15) is 0 Å². The molecule has 0 saturated heterocycles. The molecule has 3 heteroatoms. The molecule has 0 aromatic carbocycles. The lowest BCUT2D eigenvalue weighted by Crippen LogP contribution is -2.28. The topological polar surface area (TPSA) is 0 Å². The number of hydrogen-bond acceptors (Lipinski definition) is 0. The second-order valence-electron chi connectivity index (χ2n) is 2.41. The van der Waals surface area contributed by atoms with E-state index in [1.807, 2.05) is 0 Å². The van der Waals surface area contributed by atoms with E-state index in [1.54, 1.807) is 0 Å². The first-order valence-electron chi connectivity index (χ1n) is 3.14. The second kappa shape index (κ2) is 3.95. The molecule has 1 rings (SSSR count). The van der Waals surface area contributed by atoms with Crippen molar-refractivity contribution in [3.63, 3.8) is 0 Å². The SMILES string of the molecule is ClC1CCCC(I)C1I. The van der Waals surface area contributed by atoms with Gasteiger partial charge in [-0.2, -0.15) is 0 Å². The first kappa shape index (κ1) is 8.84. The molecule has 0 spiro atoms. The van der Waals surface area contributed by atoms with Crippen LogP contribution in [0.15, 0.2) is 0 Å². The minimum absolute atomic E-state index is 0.432. The van der Waals surface area contributed by atoms with Crippen LogP contribution in [0, 0.1) is 0 Å². The van der Waals surface area contributed by atoms with Crippen molar-refractivity contribution in [2.24, 2.45) is 0 Å². The highest BCUT2D eigenvalue weighted by molar-refractivity contribution is 14.1. The molecule has 0 radical (unpaired) electrons. The smallest absolute Gasteiger partial charge is 0.0463 e. The van der Waals surface area contributed by atoms with Crippen LogP contribution in [-0.2, 0) is 0 Å². The Hall–Kier alpha value is 1.75. The van der Waals surface area contributed by atoms with E-state index >= 15 is 0 Å². The van der Waals surface area contributed by atoms with E-state index in [9.17, 15) is 0 Å². The second-order valence-corrected chi connectivity index (χ2v) is 6.01. The van der Waals surface area contributed by atoms with Crippen LogP contribution < -0.4 is 0 Å². The monoisotopic (exact) mass is 370 g/mol. The Labute approximate surface area is 88.4 Å². The summed E-state index contributed by atoms with van der Waals surface area (Å²) in [4.78, 5) is 0. The number of hydrogen-bond donors (Lipinski definition) is 0. The lowest BCUT2D eigenvalue weighted by atomic mass is 10.0. The Morgan fingerprint density at radius 2 is 1.89 bits per heavy atom. The van der Waals surface area contributed by atoms with Crippen molar-refractivity contribution in [2.75, 3.05) is 0 Å². The predicted octanol–water partition coefficient (Wildman–Crippen LogP) is 3.38. The molecule has 1 fully saturated rings. The first-order chi connectivity index (χ1) is 4.22. The van der Waals surface area contributed by atoms with Gasteiger partial charge in [0.15, 0.2) is 0 Å². The number of halogens is 3. The van der Waals surface area contributed by atoms with Gasteiger partial charge in [-0.3, -0.25) is 0 Å². The molecule has 0 heterocycles. The maximum atomic E-state index is 6.05. The molecular weight excluding hydrogens is 361 g/mol. The first-order valence-corrected chi connectivity index (χ1v) is 6.07. The minimum atomic E-state index is 0.432. The number of alkyl halides is 3. The molecule has 3 atom stereocenters. The number of rotatable bonds is 0. The molecule has 1 aliphatic rings. The van der Waals surface area contributed by atoms with Crippen molar-refractivity contribution in [1.29, 1.82) is 0 Å². The van der Waals surface area contributed by atoms with E-state index in [4.69, 9.17) is 11.6 Å². The van der Waals surface area contributed by atoms with Crippen molar-refractivity contribution in [2.45, 2.75) is 32.5 Å². The molecule has 1 aliphatic carbocycles. The van der Waals surface area contributed by atoms with Crippen LogP contribution in [0.5, 0.6) is 0 Å². The largest absolute Gasteiger partial charge is 0.122 e.